The van der Waals surface area contributed by atoms with Crippen LogP contribution >= 0.6 is 0 Å². The Morgan fingerprint density at radius 2 is 1.77 bits per heavy atom. The fourth-order valence-corrected chi connectivity index (χ4v) is 4.51. The van der Waals surface area contributed by atoms with Gasteiger partial charge in [-0.15, -0.1) is 0 Å². The number of rotatable bonds is 8. The average Bonchev–Trinajstić information content (AvgIpc) is 2.73. The maximum absolute atomic E-state index is 12.7. The van der Waals surface area contributed by atoms with Crippen molar-refractivity contribution in [1.82, 2.24) is 10.2 Å². The molecule has 1 aliphatic rings. The second-order valence-corrected chi connectivity index (χ2v) is 8.47. The molecule has 162 valence electrons. The van der Waals surface area contributed by atoms with Gasteiger partial charge < -0.3 is 14.8 Å². The number of methoxy groups -OCH3 is 1. The summed E-state index contributed by atoms with van der Waals surface area (Å²) < 4.78 is 11.0. The largest absolute Gasteiger partial charge is 0.496 e. The first-order chi connectivity index (χ1) is 14.4. The molecule has 5 nitrogen and oxygen atoms in total. The standard InChI is InChI=1S/C25H34N2O3/c1-19-14-21(15-20(2)24(19)29-4)16-27(3)17-23(28)26-18-25(10-12-30-13-11-25)22-8-6-5-7-9-22/h5-9,14-15H,10-13,16-18H2,1-4H3,(H,26,28). The predicted octanol–water partition coefficient (Wildman–Crippen LogP) is 3.61. The van der Waals surface area contributed by atoms with Crippen molar-refractivity contribution in [3.05, 3.63) is 64.7 Å². The number of nitrogens with zero attached hydrogens (tertiary/aromatic N) is 1. The molecule has 2 aromatic carbocycles. The molecule has 1 saturated heterocycles. The summed E-state index contributed by atoms with van der Waals surface area (Å²) in [5.74, 6) is 0.989. The SMILES string of the molecule is COc1c(C)cc(CN(C)CC(=O)NCC2(c3ccccc3)CCOCC2)cc1C. The van der Waals surface area contributed by atoms with Crippen LogP contribution in [0.2, 0.25) is 0 Å². The zero-order chi connectivity index (χ0) is 21.6. The Morgan fingerprint density at radius 3 is 2.37 bits per heavy atom. The zero-order valence-corrected chi connectivity index (χ0v) is 18.7. The molecular formula is C25H34N2O3. The second kappa shape index (κ2) is 10.1. The quantitative estimate of drug-likeness (QED) is 0.722. The number of hydrogen-bond donors (Lipinski definition) is 1. The van der Waals surface area contributed by atoms with E-state index in [9.17, 15) is 4.79 Å². The zero-order valence-electron chi connectivity index (χ0n) is 18.7. The first-order valence-corrected chi connectivity index (χ1v) is 10.7. The van der Waals surface area contributed by atoms with Crippen molar-refractivity contribution < 1.29 is 14.3 Å². The summed E-state index contributed by atoms with van der Waals surface area (Å²) in [6.45, 7) is 7.32. The maximum Gasteiger partial charge on any atom is 0.234 e. The van der Waals surface area contributed by atoms with Crippen LogP contribution in [0.1, 0.15) is 35.1 Å². The third-order valence-electron chi connectivity index (χ3n) is 6.05. The van der Waals surface area contributed by atoms with E-state index in [0.29, 0.717) is 13.1 Å². The molecule has 0 atom stereocenters. The highest BCUT2D eigenvalue weighted by Crippen LogP contribution is 2.34. The molecule has 1 fully saturated rings. The molecule has 0 aromatic heterocycles. The molecule has 0 saturated carbocycles. The number of hydrogen-bond acceptors (Lipinski definition) is 4. The molecule has 0 bridgehead atoms. The molecule has 1 aliphatic heterocycles. The maximum atomic E-state index is 12.7. The average molecular weight is 411 g/mol. The number of nitrogens with one attached hydrogen (secondary N) is 1. The van der Waals surface area contributed by atoms with Gasteiger partial charge in [0, 0.05) is 31.7 Å². The molecule has 0 spiro atoms. The molecule has 0 unspecified atom stereocenters. The highest BCUT2D eigenvalue weighted by molar-refractivity contribution is 5.78. The van der Waals surface area contributed by atoms with Gasteiger partial charge in [-0.05, 0) is 56.0 Å². The van der Waals surface area contributed by atoms with Crippen LogP contribution in [0.3, 0.4) is 0 Å². The summed E-state index contributed by atoms with van der Waals surface area (Å²) in [4.78, 5) is 14.7. The Morgan fingerprint density at radius 1 is 1.13 bits per heavy atom. The van der Waals surface area contributed by atoms with Crippen molar-refractivity contribution in [3.63, 3.8) is 0 Å². The van der Waals surface area contributed by atoms with Gasteiger partial charge in [0.05, 0.1) is 13.7 Å². The van der Waals surface area contributed by atoms with Crippen molar-refractivity contribution in [2.75, 3.05) is 40.5 Å². The lowest BCUT2D eigenvalue weighted by molar-refractivity contribution is -0.122. The van der Waals surface area contributed by atoms with Crippen LogP contribution < -0.4 is 10.1 Å². The normalized spacial score (nSPS) is 15.8. The fourth-order valence-electron chi connectivity index (χ4n) is 4.51. The summed E-state index contributed by atoms with van der Waals surface area (Å²) >= 11 is 0. The van der Waals surface area contributed by atoms with Crippen LogP contribution in [0.4, 0.5) is 0 Å². The number of benzene rings is 2. The van der Waals surface area contributed by atoms with Crippen molar-refractivity contribution >= 4 is 5.91 Å². The molecule has 3 rings (SSSR count). The Kier molecular flexibility index (Phi) is 7.51. The number of carbonyl (C=O) groups is 1. The summed E-state index contributed by atoms with van der Waals surface area (Å²) in [7, 11) is 3.68. The van der Waals surface area contributed by atoms with E-state index in [4.69, 9.17) is 9.47 Å². The van der Waals surface area contributed by atoms with Gasteiger partial charge in [0.25, 0.3) is 0 Å². The van der Waals surface area contributed by atoms with Gasteiger partial charge in [-0.3, -0.25) is 9.69 Å². The first-order valence-electron chi connectivity index (χ1n) is 10.7. The molecular weight excluding hydrogens is 376 g/mol. The molecule has 0 aliphatic carbocycles. The Bertz CT molecular complexity index is 822. The monoisotopic (exact) mass is 410 g/mol. The summed E-state index contributed by atoms with van der Waals surface area (Å²) in [5.41, 5.74) is 4.67. The van der Waals surface area contributed by atoms with Crippen molar-refractivity contribution in [2.24, 2.45) is 0 Å². The fraction of sp³-hybridized carbons (Fsp3) is 0.480. The smallest absolute Gasteiger partial charge is 0.234 e. The minimum atomic E-state index is -0.0437. The molecule has 0 radical (unpaired) electrons. The lowest BCUT2D eigenvalue weighted by Gasteiger charge is -2.38. The topological polar surface area (TPSA) is 50.8 Å². The van der Waals surface area contributed by atoms with Crippen LogP contribution in [0, 0.1) is 13.8 Å². The third-order valence-corrected chi connectivity index (χ3v) is 6.05. The number of carbonyl (C=O) groups excluding carboxylic acids is 1. The highest BCUT2D eigenvalue weighted by Gasteiger charge is 2.34. The van der Waals surface area contributed by atoms with Gasteiger partial charge >= 0.3 is 0 Å². The van der Waals surface area contributed by atoms with E-state index in [-0.39, 0.29) is 11.3 Å². The van der Waals surface area contributed by atoms with E-state index in [0.717, 1.165) is 49.5 Å². The Hall–Kier alpha value is -2.37. The Balaban J connectivity index is 1.58. The lowest BCUT2D eigenvalue weighted by Crippen LogP contribution is -2.46. The van der Waals surface area contributed by atoms with Gasteiger partial charge in [0.15, 0.2) is 0 Å². The van der Waals surface area contributed by atoms with E-state index < -0.39 is 0 Å². The number of likely N-dealkylation sites (N-methyl/N-ethyl adjacent to an activating group) is 1. The van der Waals surface area contributed by atoms with E-state index in [1.165, 1.54) is 11.1 Å². The molecule has 2 aromatic rings. The summed E-state index contributed by atoms with van der Waals surface area (Å²) in [6, 6.07) is 14.8. The van der Waals surface area contributed by atoms with Crippen LogP contribution in [-0.4, -0.2) is 51.3 Å². The third kappa shape index (κ3) is 5.41. The van der Waals surface area contributed by atoms with Crippen LogP contribution in [0.15, 0.2) is 42.5 Å². The minimum absolute atomic E-state index is 0.0437. The Labute approximate surface area is 180 Å². The minimum Gasteiger partial charge on any atom is -0.496 e. The number of aryl methyl sites for hydroxylation is 2. The summed E-state index contributed by atoms with van der Waals surface area (Å²) in [6.07, 6.45) is 1.86. The van der Waals surface area contributed by atoms with E-state index in [2.05, 4.69) is 60.5 Å². The van der Waals surface area contributed by atoms with Crippen molar-refractivity contribution in [1.29, 1.82) is 0 Å². The van der Waals surface area contributed by atoms with Gasteiger partial charge in [0.1, 0.15) is 5.75 Å². The van der Waals surface area contributed by atoms with Gasteiger partial charge in [-0.25, -0.2) is 0 Å². The second-order valence-electron chi connectivity index (χ2n) is 8.47. The molecule has 5 heteroatoms. The van der Waals surface area contributed by atoms with E-state index >= 15 is 0 Å². The van der Waals surface area contributed by atoms with Gasteiger partial charge in [-0.2, -0.15) is 0 Å². The van der Waals surface area contributed by atoms with Crippen LogP contribution in [0.5, 0.6) is 5.75 Å². The number of ether oxygens (including phenoxy) is 2. The van der Waals surface area contributed by atoms with Crippen molar-refractivity contribution in [2.45, 2.75) is 38.6 Å². The lowest BCUT2D eigenvalue weighted by atomic mass is 9.74. The van der Waals surface area contributed by atoms with Crippen molar-refractivity contribution in [3.8, 4) is 5.75 Å². The summed E-state index contributed by atoms with van der Waals surface area (Å²) in [5, 5.41) is 3.19. The predicted molar refractivity (Wildman–Crippen MR) is 120 cm³/mol. The first kappa shape index (κ1) is 22.3. The van der Waals surface area contributed by atoms with Gasteiger partial charge in [0.2, 0.25) is 5.91 Å². The van der Waals surface area contributed by atoms with Gasteiger partial charge in [-0.1, -0.05) is 42.5 Å². The van der Waals surface area contributed by atoms with Crippen LogP contribution in [-0.2, 0) is 21.5 Å². The van der Waals surface area contributed by atoms with Crippen LogP contribution in [0.25, 0.3) is 0 Å². The molecule has 1 heterocycles. The highest BCUT2D eigenvalue weighted by atomic mass is 16.5. The molecule has 1 amide bonds. The number of amides is 1. The molecule has 30 heavy (non-hydrogen) atoms. The van der Waals surface area contributed by atoms with E-state index in [1.54, 1.807) is 7.11 Å². The molecule has 1 N–H and O–H groups in total. The van der Waals surface area contributed by atoms with E-state index in [1.807, 2.05) is 13.1 Å².